The Bertz CT molecular complexity index is 831. The summed E-state index contributed by atoms with van der Waals surface area (Å²) in [6.07, 6.45) is 1.60. The summed E-state index contributed by atoms with van der Waals surface area (Å²) < 4.78 is 6.96. The van der Waals surface area contributed by atoms with Crippen LogP contribution in [0.3, 0.4) is 0 Å². The van der Waals surface area contributed by atoms with Crippen molar-refractivity contribution in [2.45, 2.75) is 6.92 Å². The van der Waals surface area contributed by atoms with E-state index < -0.39 is 0 Å². The van der Waals surface area contributed by atoms with Crippen molar-refractivity contribution in [1.29, 1.82) is 0 Å². The molecule has 0 bridgehead atoms. The van der Waals surface area contributed by atoms with E-state index in [1.165, 1.54) is 0 Å². The Balaban J connectivity index is 2.17. The average molecular weight is 364 g/mol. The number of fused-ring (bicyclic) bond motifs is 1. The number of halogens is 2. The molecule has 21 heavy (non-hydrogen) atoms. The normalized spacial score (nSPS) is 10.8. The van der Waals surface area contributed by atoms with Gasteiger partial charge in [-0.2, -0.15) is 0 Å². The first-order valence-corrected chi connectivity index (χ1v) is 7.49. The van der Waals surface area contributed by atoms with Gasteiger partial charge in [-0.1, -0.05) is 33.6 Å². The average Bonchev–Trinajstić information content (AvgIpc) is 2.46. The van der Waals surface area contributed by atoms with E-state index in [1.54, 1.807) is 12.3 Å². The molecule has 0 radical (unpaired) electrons. The van der Waals surface area contributed by atoms with Gasteiger partial charge in [0.2, 0.25) is 0 Å². The van der Waals surface area contributed by atoms with Crippen LogP contribution in [-0.4, -0.2) is 4.98 Å². The molecule has 3 nitrogen and oxygen atoms in total. The molecule has 0 saturated carbocycles. The number of nitrogens with two attached hydrogens (primary N) is 1. The van der Waals surface area contributed by atoms with E-state index in [2.05, 4.69) is 20.9 Å². The van der Waals surface area contributed by atoms with Crippen LogP contribution in [0.15, 0.2) is 47.1 Å². The highest BCUT2D eigenvalue weighted by atomic mass is 79.9. The molecular weight excluding hydrogens is 352 g/mol. The first kappa shape index (κ1) is 14.2. The molecule has 0 aliphatic carbocycles. The highest BCUT2D eigenvalue weighted by molar-refractivity contribution is 9.10. The second kappa shape index (κ2) is 5.54. The number of pyridine rings is 1. The molecule has 3 aromatic rings. The number of nitrogen functional groups attached to an aromatic ring is 1. The van der Waals surface area contributed by atoms with E-state index in [1.807, 2.05) is 37.3 Å². The molecule has 0 aliphatic rings. The Morgan fingerprint density at radius 2 is 2.00 bits per heavy atom. The molecule has 0 saturated heterocycles. The van der Waals surface area contributed by atoms with Crippen molar-refractivity contribution < 1.29 is 4.74 Å². The van der Waals surface area contributed by atoms with Crippen molar-refractivity contribution in [1.82, 2.24) is 4.98 Å². The number of hydrogen-bond donors (Lipinski definition) is 1. The molecule has 0 amide bonds. The summed E-state index contributed by atoms with van der Waals surface area (Å²) in [5.41, 5.74) is 8.33. The maximum absolute atomic E-state index is 6.04. The third-order valence-electron chi connectivity index (χ3n) is 3.17. The number of anilines is 1. The SMILES string of the molecule is Cc1ccc(Cl)cc1Oc1c(N)cnc2ccc(Br)cc12. The predicted octanol–water partition coefficient (Wildman–Crippen LogP) is 5.33. The molecule has 2 N–H and O–H groups in total. The van der Waals surface area contributed by atoms with Crippen molar-refractivity contribution in [3.05, 3.63) is 57.7 Å². The van der Waals surface area contributed by atoms with E-state index in [-0.39, 0.29) is 0 Å². The quantitative estimate of drug-likeness (QED) is 0.669. The maximum Gasteiger partial charge on any atom is 0.161 e. The molecule has 3 rings (SSSR count). The monoisotopic (exact) mass is 362 g/mol. The van der Waals surface area contributed by atoms with Crippen LogP contribution >= 0.6 is 27.5 Å². The minimum atomic E-state index is 0.486. The summed E-state index contributed by atoms with van der Waals surface area (Å²) in [7, 11) is 0. The maximum atomic E-state index is 6.04. The van der Waals surface area contributed by atoms with Crippen molar-refractivity contribution >= 4 is 44.1 Å². The van der Waals surface area contributed by atoms with Crippen LogP contribution in [-0.2, 0) is 0 Å². The Morgan fingerprint density at radius 3 is 2.81 bits per heavy atom. The van der Waals surface area contributed by atoms with Crippen LogP contribution in [0.2, 0.25) is 5.02 Å². The van der Waals surface area contributed by atoms with Crippen LogP contribution in [0.1, 0.15) is 5.56 Å². The lowest BCUT2D eigenvalue weighted by Gasteiger charge is -2.13. The van der Waals surface area contributed by atoms with Gasteiger partial charge in [-0.15, -0.1) is 0 Å². The van der Waals surface area contributed by atoms with Gasteiger partial charge in [0, 0.05) is 14.9 Å². The zero-order valence-electron chi connectivity index (χ0n) is 11.2. The number of rotatable bonds is 2. The van der Waals surface area contributed by atoms with E-state index in [4.69, 9.17) is 22.1 Å². The number of nitrogens with zero attached hydrogens (tertiary/aromatic N) is 1. The second-order valence-electron chi connectivity index (χ2n) is 4.72. The van der Waals surface area contributed by atoms with Gasteiger partial charge in [0.1, 0.15) is 5.75 Å². The molecular formula is C16H12BrClN2O. The molecule has 0 spiro atoms. The summed E-state index contributed by atoms with van der Waals surface area (Å²) in [6.45, 7) is 1.96. The van der Waals surface area contributed by atoms with Crippen LogP contribution < -0.4 is 10.5 Å². The van der Waals surface area contributed by atoms with E-state index >= 15 is 0 Å². The minimum Gasteiger partial charge on any atom is -0.454 e. The zero-order valence-corrected chi connectivity index (χ0v) is 13.6. The van der Waals surface area contributed by atoms with Gasteiger partial charge < -0.3 is 10.5 Å². The van der Waals surface area contributed by atoms with Crippen LogP contribution in [0.5, 0.6) is 11.5 Å². The summed E-state index contributed by atoms with van der Waals surface area (Å²) in [5, 5.41) is 1.47. The first-order valence-electron chi connectivity index (χ1n) is 6.32. The molecule has 1 aromatic heterocycles. The van der Waals surface area contributed by atoms with E-state index in [0.29, 0.717) is 22.2 Å². The fourth-order valence-electron chi connectivity index (χ4n) is 2.06. The van der Waals surface area contributed by atoms with E-state index in [0.717, 1.165) is 20.9 Å². The Hall–Kier alpha value is -1.78. The number of aryl methyl sites for hydroxylation is 1. The van der Waals surface area contributed by atoms with Crippen molar-refractivity contribution in [3.63, 3.8) is 0 Å². The molecule has 2 aromatic carbocycles. The van der Waals surface area contributed by atoms with Crippen LogP contribution in [0, 0.1) is 6.92 Å². The minimum absolute atomic E-state index is 0.486. The van der Waals surface area contributed by atoms with Gasteiger partial charge >= 0.3 is 0 Å². The van der Waals surface area contributed by atoms with Gasteiger partial charge in [-0.05, 0) is 42.8 Å². The number of benzene rings is 2. The molecule has 5 heteroatoms. The standard InChI is InChI=1S/C16H12BrClN2O/c1-9-2-4-11(18)7-15(9)21-16-12-6-10(17)3-5-14(12)20-8-13(16)19/h2-8H,19H2,1H3. The first-order chi connectivity index (χ1) is 10.0. The number of ether oxygens (including phenoxy) is 1. The molecule has 1 heterocycles. The molecule has 106 valence electrons. The van der Waals surface area contributed by atoms with Gasteiger partial charge in [0.05, 0.1) is 17.4 Å². The largest absolute Gasteiger partial charge is 0.454 e. The smallest absolute Gasteiger partial charge is 0.161 e. The summed E-state index contributed by atoms with van der Waals surface area (Å²) in [6, 6.07) is 11.3. The molecule has 0 fully saturated rings. The lowest BCUT2D eigenvalue weighted by molar-refractivity contribution is 0.486. The molecule has 0 aliphatic heterocycles. The van der Waals surface area contributed by atoms with Gasteiger partial charge in [-0.25, -0.2) is 0 Å². The number of aromatic nitrogens is 1. The predicted molar refractivity (Wildman–Crippen MR) is 90.1 cm³/mol. The highest BCUT2D eigenvalue weighted by Crippen LogP contribution is 2.37. The second-order valence-corrected chi connectivity index (χ2v) is 6.07. The van der Waals surface area contributed by atoms with Gasteiger partial charge in [0.15, 0.2) is 5.75 Å². The third kappa shape index (κ3) is 2.82. The van der Waals surface area contributed by atoms with Crippen molar-refractivity contribution in [3.8, 4) is 11.5 Å². The fraction of sp³-hybridized carbons (Fsp3) is 0.0625. The van der Waals surface area contributed by atoms with Crippen molar-refractivity contribution in [2.75, 3.05) is 5.73 Å². The third-order valence-corrected chi connectivity index (χ3v) is 3.90. The summed E-state index contributed by atoms with van der Waals surface area (Å²) >= 11 is 9.49. The lowest BCUT2D eigenvalue weighted by atomic mass is 10.2. The Kier molecular flexibility index (Phi) is 3.74. The van der Waals surface area contributed by atoms with Crippen LogP contribution in [0.25, 0.3) is 10.9 Å². The molecule has 0 unspecified atom stereocenters. The Morgan fingerprint density at radius 1 is 1.19 bits per heavy atom. The van der Waals surface area contributed by atoms with E-state index in [9.17, 15) is 0 Å². The topological polar surface area (TPSA) is 48.1 Å². The Labute approximate surface area is 135 Å². The highest BCUT2D eigenvalue weighted by Gasteiger charge is 2.11. The zero-order chi connectivity index (χ0) is 15.0. The van der Waals surface area contributed by atoms with Gasteiger partial charge in [-0.3, -0.25) is 4.98 Å². The summed E-state index contributed by atoms with van der Waals surface area (Å²) in [5.74, 6) is 1.27. The summed E-state index contributed by atoms with van der Waals surface area (Å²) in [4.78, 5) is 4.31. The van der Waals surface area contributed by atoms with Crippen molar-refractivity contribution in [2.24, 2.45) is 0 Å². The van der Waals surface area contributed by atoms with Gasteiger partial charge in [0.25, 0.3) is 0 Å². The van der Waals surface area contributed by atoms with Crippen LogP contribution in [0.4, 0.5) is 5.69 Å². The fourth-order valence-corrected chi connectivity index (χ4v) is 2.59. The lowest BCUT2D eigenvalue weighted by Crippen LogP contribution is -1.96. The molecule has 0 atom stereocenters. The number of hydrogen-bond acceptors (Lipinski definition) is 3.